The number of hydrogen-bond acceptors (Lipinski definition) is 3. The van der Waals surface area contributed by atoms with Gasteiger partial charge in [-0.1, -0.05) is 36.7 Å². The highest BCUT2D eigenvalue weighted by molar-refractivity contribution is 6.31. The highest BCUT2D eigenvalue weighted by Gasteiger charge is 2.16. The lowest BCUT2D eigenvalue weighted by Crippen LogP contribution is -2.25. The van der Waals surface area contributed by atoms with Gasteiger partial charge in [-0.05, 0) is 24.6 Å². The zero-order chi connectivity index (χ0) is 13.7. The van der Waals surface area contributed by atoms with Crippen LogP contribution in [0.5, 0.6) is 0 Å². The van der Waals surface area contributed by atoms with Crippen LogP contribution in [0.2, 0.25) is 5.02 Å². The van der Waals surface area contributed by atoms with Crippen LogP contribution in [0, 0.1) is 0 Å². The molecule has 0 aliphatic carbocycles. The molecule has 4 nitrogen and oxygen atoms in total. The normalized spacial score (nSPS) is 12.6. The maximum absolute atomic E-state index is 6.30. The first-order valence-electron chi connectivity index (χ1n) is 6.53. The first-order valence-corrected chi connectivity index (χ1v) is 6.90. The summed E-state index contributed by atoms with van der Waals surface area (Å²) in [6.45, 7) is 3.10. The molecule has 2 rings (SSSR count). The van der Waals surface area contributed by atoms with Crippen LogP contribution in [-0.2, 0) is 13.5 Å². The summed E-state index contributed by atoms with van der Waals surface area (Å²) in [7, 11) is 1.91. The first kappa shape index (κ1) is 14.0. The van der Waals surface area contributed by atoms with Crippen molar-refractivity contribution >= 4 is 11.6 Å². The zero-order valence-corrected chi connectivity index (χ0v) is 12.1. The molecule has 1 aromatic heterocycles. The van der Waals surface area contributed by atoms with Crippen LogP contribution < -0.4 is 5.32 Å². The Morgan fingerprint density at radius 2 is 2.16 bits per heavy atom. The van der Waals surface area contributed by atoms with Gasteiger partial charge in [0.25, 0.3) is 0 Å². The molecular weight excluding hydrogens is 260 g/mol. The minimum atomic E-state index is 0.163. The number of benzene rings is 1. The van der Waals surface area contributed by atoms with E-state index in [2.05, 4.69) is 28.4 Å². The lowest BCUT2D eigenvalue weighted by Gasteiger charge is -2.19. The summed E-state index contributed by atoms with van der Waals surface area (Å²) < 4.78 is 1.80. The molecule has 0 saturated carbocycles. The Morgan fingerprint density at radius 1 is 1.37 bits per heavy atom. The quantitative estimate of drug-likeness (QED) is 0.883. The molecule has 1 unspecified atom stereocenters. The minimum absolute atomic E-state index is 0.163. The van der Waals surface area contributed by atoms with Gasteiger partial charge in [0.2, 0.25) is 0 Å². The second-order valence-electron chi connectivity index (χ2n) is 4.53. The molecule has 5 heteroatoms. The van der Waals surface area contributed by atoms with E-state index in [0.717, 1.165) is 35.8 Å². The Bertz CT molecular complexity index is 524. The van der Waals surface area contributed by atoms with E-state index in [1.54, 1.807) is 11.0 Å². The summed E-state index contributed by atoms with van der Waals surface area (Å²) in [5, 5.41) is 8.43. The second-order valence-corrected chi connectivity index (χ2v) is 4.94. The Morgan fingerprint density at radius 3 is 2.79 bits per heavy atom. The van der Waals surface area contributed by atoms with Crippen molar-refractivity contribution in [1.29, 1.82) is 0 Å². The van der Waals surface area contributed by atoms with Crippen LogP contribution >= 0.6 is 11.6 Å². The third-order valence-corrected chi connectivity index (χ3v) is 3.46. The predicted molar refractivity (Wildman–Crippen MR) is 77.2 cm³/mol. The average Bonchev–Trinajstić information content (AvgIpc) is 2.81. The van der Waals surface area contributed by atoms with Crippen molar-refractivity contribution in [2.45, 2.75) is 25.8 Å². The molecule has 19 heavy (non-hydrogen) atoms. The van der Waals surface area contributed by atoms with E-state index in [9.17, 15) is 0 Å². The Kier molecular flexibility index (Phi) is 4.93. The molecule has 1 N–H and O–H groups in total. The highest BCUT2D eigenvalue weighted by Crippen LogP contribution is 2.25. The van der Waals surface area contributed by atoms with Gasteiger partial charge in [-0.25, -0.2) is 4.98 Å². The fourth-order valence-electron chi connectivity index (χ4n) is 2.06. The van der Waals surface area contributed by atoms with Crippen LogP contribution in [0.15, 0.2) is 30.6 Å². The maximum atomic E-state index is 6.30. The largest absolute Gasteiger partial charge is 0.310 e. The van der Waals surface area contributed by atoms with Gasteiger partial charge >= 0.3 is 0 Å². The Balaban J connectivity index is 2.21. The molecule has 0 fully saturated rings. The fourth-order valence-corrected chi connectivity index (χ4v) is 2.32. The number of halogens is 1. The smallest absolute Gasteiger partial charge is 0.138 e. The van der Waals surface area contributed by atoms with Gasteiger partial charge in [0.15, 0.2) is 0 Å². The zero-order valence-electron chi connectivity index (χ0n) is 11.3. The summed E-state index contributed by atoms with van der Waals surface area (Å²) in [4.78, 5) is 4.29. The fraction of sp³-hybridized carbons (Fsp3) is 0.429. The van der Waals surface area contributed by atoms with E-state index in [1.807, 2.05) is 25.2 Å². The maximum Gasteiger partial charge on any atom is 0.138 e. The Hall–Kier alpha value is -1.39. The summed E-state index contributed by atoms with van der Waals surface area (Å²) >= 11 is 6.30. The topological polar surface area (TPSA) is 42.7 Å². The second kappa shape index (κ2) is 6.68. The third-order valence-electron chi connectivity index (χ3n) is 3.11. The van der Waals surface area contributed by atoms with Gasteiger partial charge in [-0.2, -0.15) is 5.10 Å². The van der Waals surface area contributed by atoms with Gasteiger partial charge in [0, 0.05) is 24.5 Å². The molecule has 0 bridgehead atoms. The molecule has 102 valence electrons. The molecule has 0 spiro atoms. The minimum Gasteiger partial charge on any atom is -0.310 e. The summed E-state index contributed by atoms with van der Waals surface area (Å²) in [6.07, 6.45) is 3.44. The van der Waals surface area contributed by atoms with Crippen LogP contribution in [0.25, 0.3) is 0 Å². The van der Waals surface area contributed by atoms with E-state index in [-0.39, 0.29) is 6.04 Å². The van der Waals surface area contributed by atoms with Crippen molar-refractivity contribution < 1.29 is 0 Å². The number of nitrogens with zero attached hydrogens (tertiary/aromatic N) is 3. The van der Waals surface area contributed by atoms with Crippen molar-refractivity contribution in [2.75, 3.05) is 6.54 Å². The SMILES string of the molecule is CCCNC(Cc1ncnn1C)c1ccccc1Cl. The van der Waals surface area contributed by atoms with Crippen LogP contribution in [-0.4, -0.2) is 21.3 Å². The standard InChI is InChI=1S/C14H19ClN4/c1-3-8-16-13(9-14-17-10-18-19(14)2)11-6-4-5-7-12(11)15/h4-7,10,13,16H,3,8-9H2,1-2H3. The van der Waals surface area contributed by atoms with Crippen LogP contribution in [0.3, 0.4) is 0 Å². The third kappa shape index (κ3) is 3.55. The van der Waals surface area contributed by atoms with Crippen molar-refractivity contribution in [2.24, 2.45) is 7.05 Å². The molecule has 0 aliphatic heterocycles. The van der Waals surface area contributed by atoms with E-state index in [1.165, 1.54) is 0 Å². The molecular formula is C14H19ClN4. The molecule has 0 aliphatic rings. The number of hydrogen-bond donors (Lipinski definition) is 1. The van der Waals surface area contributed by atoms with Gasteiger partial charge < -0.3 is 5.32 Å². The summed E-state index contributed by atoms with van der Waals surface area (Å²) in [5.41, 5.74) is 1.11. The van der Waals surface area contributed by atoms with Gasteiger partial charge in [-0.3, -0.25) is 4.68 Å². The van der Waals surface area contributed by atoms with Crippen molar-refractivity contribution in [3.63, 3.8) is 0 Å². The van der Waals surface area contributed by atoms with Gasteiger partial charge in [0.1, 0.15) is 12.2 Å². The molecule has 1 heterocycles. The molecule has 2 aromatic rings. The molecule has 1 atom stereocenters. The average molecular weight is 279 g/mol. The highest BCUT2D eigenvalue weighted by atomic mass is 35.5. The number of nitrogens with one attached hydrogen (secondary N) is 1. The van der Waals surface area contributed by atoms with E-state index in [0.29, 0.717) is 0 Å². The predicted octanol–water partition coefficient (Wildman–Crippen LogP) is 2.75. The molecule has 0 amide bonds. The van der Waals surface area contributed by atoms with E-state index < -0.39 is 0 Å². The molecule has 1 aromatic carbocycles. The lowest BCUT2D eigenvalue weighted by molar-refractivity contribution is 0.506. The summed E-state index contributed by atoms with van der Waals surface area (Å²) in [5.74, 6) is 0.952. The number of aromatic nitrogens is 3. The van der Waals surface area contributed by atoms with E-state index in [4.69, 9.17) is 11.6 Å². The molecule has 0 saturated heterocycles. The van der Waals surface area contributed by atoms with Gasteiger partial charge in [0.05, 0.1) is 0 Å². The van der Waals surface area contributed by atoms with Crippen LogP contribution in [0.4, 0.5) is 0 Å². The van der Waals surface area contributed by atoms with Crippen molar-refractivity contribution in [3.05, 3.63) is 47.0 Å². The Labute approximate surface area is 118 Å². The van der Waals surface area contributed by atoms with E-state index >= 15 is 0 Å². The number of rotatable bonds is 6. The van der Waals surface area contributed by atoms with Crippen molar-refractivity contribution in [3.8, 4) is 0 Å². The first-order chi connectivity index (χ1) is 9.22. The van der Waals surface area contributed by atoms with Crippen molar-refractivity contribution in [1.82, 2.24) is 20.1 Å². The molecule has 0 radical (unpaired) electrons. The van der Waals surface area contributed by atoms with Crippen LogP contribution in [0.1, 0.15) is 30.8 Å². The monoisotopic (exact) mass is 278 g/mol. The number of aryl methyl sites for hydroxylation is 1. The van der Waals surface area contributed by atoms with Gasteiger partial charge in [-0.15, -0.1) is 0 Å². The lowest BCUT2D eigenvalue weighted by atomic mass is 10.0. The summed E-state index contributed by atoms with van der Waals surface area (Å²) in [6, 6.07) is 8.11.